The second-order valence-corrected chi connectivity index (χ2v) is 5.83. The molecule has 0 aliphatic rings. The number of carbonyl (C=O) groups is 1. The van der Waals surface area contributed by atoms with Gasteiger partial charge in [0.25, 0.3) is 0 Å². The number of nitrogens with two attached hydrogens (primary N) is 1. The van der Waals surface area contributed by atoms with E-state index in [0.717, 1.165) is 62.0 Å². The van der Waals surface area contributed by atoms with Gasteiger partial charge in [-0.3, -0.25) is 9.78 Å². The maximum atomic E-state index is 10.7. The van der Waals surface area contributed by atoms with Gasteiger partial charge in [-0.1, -0.05) is 31.9 Å². The number of fused-ring (bicyclic) bond motifs is 1. The van der Waals surface area contributed by atoms with E-state index in [9.17, 15) is 4.79 Å². The fraction of sp³-hybridized carbons (Fsp3) is 0.500. The summed E-state index contributed by atoms with van der Waals surface area (Å²) in [5.74, 6) is 0.742. The van der Waals surface area contributed by atoms with Crippen LogP contribution in [0.15, 0.2) is 30.5 Å². The molecule has 1 aromatic carbocycles. The Balaban J connectivity index is 1.90. The maximum Gasteiger partial charge on any atom is 0.217 e. The number of aromatic nitrogens is 2. The Kier molecular flexibility index (Phi) is 6.78. The fourth-order valence-electron chi connectivity index (χ4n) is 2.67. The number of primary amides is 1. The zero-order valence-electron chi connectivity index (χ0n) is 13.9. The first-order chi connectivity index (χ1) is 11.2. The molecule has 1 heterocycles. The van der Waals surface area contributed by atoms with E-state index in [4.69, 9.17) is 10.7 Å². The van der Waals surface area contributed by atoms with Crippen LogP contribution in [0.3, 0.4) is 0 Å². The van der Waals surface area contributed by atoms with Crippen LogP contribution in [0.5, 0.6) is 0 Å². The van der Waals surface area contributed by atoms with Crippen LogP contribution in [0, 0.1) is 0 Å². The van der Waals surface area contributed by atoms with E-state index in [1.54, 1.807) is 0 Å². The molecule has 5 nitrogen and oxygen atoms in total. The third-order valence-corrected chi connectivity index (χ3v) is 3.85. The van der Waals surface area contributed by atoms with Crippen LogP contribution in [0.25, 0.3) is 11.0 Å². The van der Waals surface area contributed by atoms with E-state index < -0.39 is 0 Å². The van der Waals surface area contributed by atoms with Crippen molar-refractivity contribution in [2.75, 3.05) is 18.0 Å². The maximum absolute atomic E-state index is 10.7. The van der Waals surface area contributed by atoms with Crippen molar-refractivity contribution in [2.45, 2.75) is 45.4 Å². The Bertz CT molecular complexity index is 629. The molecule has 2 rings (SSSR count). The standard InChI is InChI=1S/C18H26N4O/c1-2-12-22(13-8-4-3-5-11-17(19)23)18-14-20-15-9-6-7-10-16(15)21-18/h6-7,9-10,14H,2-5,8,11-13H2,1H3,(H2,19,23). The number of benzene rings is 1. The summed E-state index contributed by atoms with van der Waals surface area (Å²) in [5, 5.41) is 0. The highest BCUT2D eigenvalue weighted by molar-refractivity contribution is 5.75. The Morgan fingerprint density at radius 1 is 1.09 bits per heavy atom. The molecule has 0 fully saturated rings. The van der Waals surface area contributed by atoms with E-state index in [2.05, 4.69) is 16.8 Å². The molecule has 0 atom stereocenters. The summed E-state index contributed by atoms with van der Waals surface area (Å²) in [6.07, 6.45) is 7.57. The zero-order chi connectivity index (χ0) is 16.5. The molecular formula is C18H26N4O. The molecule has 2 aromatic rings. The molecule has 0 unspecified atom stereocenters. The van der Waals surface area contributed by atoms with Crippen molar-refractivity contribution in [1.29, 1.82) is 0 Å². The van der Waals surface area contributed by atoms with E-state index in [1.807, 2.05) is 30.5 Å². The van der Waals surface area contributed by atoms with Gasteiger partial charge in [0.1, 0.15) is 5.82 Å². The number of anilines is 1. The average molecular weight is 314 g/mol. The van der Waals surface area contributed by atoms with Crippen molar-refractivity contribution in [3.8, 4) is 0 Å². The summed E-state index contributed by atoms with van der Waals surface area (Å²) >= 11 is 0. The van der Waals surface area contributed by atoms with Gasteiger partial charge in [0.15, 0.2) is 0 Å². The molecule has 23 heavy (non-hydrogen) atoms. The third kappa shape index (κ3) is 5.51. The quantitative estimate of drug-likeness (QED) is 0.683. The van der Waals surface area contributed by atoms with E-state index >= 15 is 0 Å². The molecule has 0 bridgehead atoms. The molecule has 5 heteroatoms. The Morgan fingerprint density at radius 3 is 2.57 bits per heavy atom. The number of nitrogens with zero attached hydrogens (tertiary/aromatic N) is 3. The molecule has 1 amide bonds. The second kappa shape index (κ2) is 9.08. The molecule has 124 valence electrons. The molecule has 0 aliphatic heterocycles. The van der Waals surface area contributed by atoms with Crippen molar-refractivity contribution in [2.24, 2.45) is 5.73 Å². The van der Waals surface area contributed by atoms with Crippen molar-refractivity contribution in [3.05, 3.63) is 30.5 Å². The molecule has 0 saturated heterocycles. The number of amides is 1. The Hall–Kier alpha value is -2.17. The lowest BCUT2D eigenvalue weighted by Gasteiger charge is -2.23. The molecule has 0 spiro atoms. The minimum absolute atomic E-state index is 0.205. The summed E-state index contributed by atoms with van der Waals surface area (Å²) in [7, 11) is 0. The van der Waals surface area contributed by atoms with Crippen molar-refractivity contribution in [1.82, 2.24) is 9.97 Å². The van der Waals surface area contributed by atoms with Crippen molar-refractivity contribution < 1.29 is 4.79 Å². The van der Waals surface area contributed by atoms with Crippen molar-refractivity contribution >= 4 is 22.8 Å². The van der Waals surface area contributed by atoms with Crippen LogP contribution < -0.4 is 10.6 Å². The van der Waals surface area contributed by atoms with E-state index in [-0.39, 0.29) is 5.91 Å². The lowest BCUT2D eigenvalue weighted by molar-refractivity contribution is -0.118. The molecule has 0 saturated carbocycles. The van der Waals surface area contributed by atoms with Crippen LogP contribution >= 0.6 is 0 Å². The van der Waals surface area contributed by atoms with Crippen molar-refractivity contribution in [3.63, 3.8) is 0 Å². The van der Waals surface area contributed by atoms with Gasteiger partial charge in [-0.25, -0.2) is 4.98 Å². The molecule has 0 aliphatic carbocycles. The molecule has 0 radical (unpaired) electrons. The first-order valence-corrected chi connectivity index (χ1v) is 8.45. The normalized spacial score (nSPS) is 10.8. The highest BCUT2D eigenvalue weighted by Crippen LogP contribution is 2.16. The van der Waals surface area contributed by atoms with Crippen LogP contribution in [0.2, 0.25) is 0 Å². The predicted molar refractivity (Wildman–Crippen MR) is 94.3 cm³/mol. The minimum atomic E-state index is -0.205. The minimum Gasteiger partial charge on any atom is -0.370 e. The highest BCUT2D eigenvalue weighted by Gasteiger charge is 2.08. The number of rotatable bonds is 10. The summed E-state index contributed by atoms with van der Waals surface area (Å²) in [6, 6.07) is 7.95. The van der Waals surface area contributed by atoms with Crippen LogP contribution in [0.1, 0.15) is 45.4 Å². The van der Waals surface area contributed by atoms with E-state index in [1.165, 1.54) is 0 Å². The highest BCUT2D eigenvalue weighted by atomic mass is 16.1. The van der Waals surface area contributed by atoms with Crippen LogP contribution in [-0.2, 0) is 4.79 Å². The van der Waals surface area contributed by atoms with Gasteiger partial charge in [-0.05, 0) is 31.4 Å². The predicted octanol–water partition coefficient (Wildman–Crippen LogP) is 3.28. The van der Waals surface area contributed by atoms with Gasteiger partial charge in [-0.15, -0.1) is 0 Å². The monoisotopic (exact) mass is 314 g/mol. The topological polar surface area (TPSA) is 72.1 Å². The molecule has 2 N–H and O–H groups in total. The number of hydrogen-bond donors (Lipinski definition) is 1. The second-order valence-electron chi connectivity index (χ2n) is 5.83. The smallest absolute Gasteiger partial charge is 0.217 e. The van der Waals surface area contributed by atoms with Gasteiger partial charge < -0.3 is 10.6 Å². The number of carbonyl (C=O) groups excluding carboxylic acids is 1. The third-order valence-electron chi connectivity index (χ3n) is 3.85. The van der Waals surface area contributed by atoms with Gasteiger partial charge in [-0.2, -0.15) is 0 Å². The Labute approximate surface area is 137 Å². The van der Waals surface area contributed by atoms with E-state index in [0.29, 0.717) is 6.42 Å². The molecule has 1 aromatic heterocycles. The summed E-state index contributed by atoms with van der Waals surface area (Å²) in [5.41, 5.74) is 7.02. The fourth-order valence-corrected chi connectivity index (χ4v) is 2.67. The first-order valence-electron chi connectivity index (χ1n) is 8.45. The van der Waals surface area contributed by atoms with Crippen LogP contribution in [-0.4, -0.2) is 29.0 Å². The average Bonchev–Trinajstić information content (AvgIpc) is 2.56. The zero-order valence-corrected chi connectivity index (χ0v) is 13.9. The summed E-state index contributed by atoms with van der Waals surface area (Å²) in [4.78, 5) is 22.3. The molecular weight excluding hydrogens is 288 g/mol. The first kappa shape index (κ1) is 17.2. The van der Waals surface area contributed by atoms with Crippen LogP contribution in [0.4, 0.5) is 5.82 Å². The van der Waals surface area contributed by atoms with Gasteiger partial charge in [0, 0.05) is 19.5 Å². The lowest BCUT2D eigenvalue weighted by atomic mass is 10.1. The van der Waals surface area contributed by atoms with Gasteiger partial charge in [0.2, 0.25) is 5.91 Å². The summed E-state index contributed by atoms with van der Waals surface area (Å²) in [6.45, 7) is 4.13. The lowest BCUT2D eigenvalue weighted by Crippen LogP contribution is -2.26. The largest absolute Gasteiger partial charge is 0.370 e. The summed E-state index contributed by atoms with van der Waals surface area (Å²) < 4.78 is 0. The van der Waals surface area contributed by atoms with Gasteiger partial charge in [0.05, 0.1) is 17.2 Å². The Morgan fingerprint density at radius 2 is 1.83 bits per heavy atom. The SMILES string of the molecule is CCCN(CCCCCCC(N)=O)c1cnc2ccccc2n1. The number of para-hydroxylation sites is 2. The number of hydrogen-bond acceptors (Lipinski definition) is 4. The number of unbranched alkanes of at least 4 members (excludes halogenated alkanes) is 3. The van der Waals surface area contributed by atoms with Gasteiger partial charge >= 0.3 is 0 Å².